The zero-order chi connectivity index (χ0) is 37.0. The quantitative estimate of drug-likeness (QED) is 0.105. The highest BCUT2D eigenvalue weighted by Gasteiger charge is 2.30. The van der Waals surface area contributed by atoms with Crippen LogP contribution in [-0.2, 0) is 24.4 Å². The molecule has 2 aromatic heterocycles. The molecular formula is C39H31ClF5N3O4S. The van der Waals surface area contributed by atoms with Gasteiger partial charge < -0.3 is 9.30 Å². The summed E-state index contributed by atoms with van der Waals surface area (Å²) in [6, 6.07) is 27.5. The van der Waals surface area contributed by atoms with Crippen LogP contribution in [-0.4, -0.2) is 41.2 Å². The lowest BCUT2D eigenvalue weighted by Crippen LogP contribution is -2.23. The number of benzene rings is 4. The van der Waals surface area contributed by atoms with Crippen molar-refractivity contribution in [3.63, 3.8) is 0 Å². The third kappa shape index (κ3) is 9.17. The highest BCUT2D eigenvalue weighted by molar-refractivity contribution is 7.22. The number of rotatable bonds is 11. The molecule has 0 bridgehead atoms. The number of carbonyl (C=O) groups excluding carboxylic acids is 2. The second-order valence-corrected chi connectivity index (χ2v) is 13.0. The number of nitrogens with one attached hydrogen (secondary N) is 1. The summed E-state index contributed by atoms with van der Waals surface area (Å²) in [5.74, 6) is -2.14. The summed E-state index contributed by atoms with van der Waals surface area (Å²) in [7, 11) is 1.87. The van der Waals surface area contributed by atoms with Crippen molar-refractivity contribution >= 4 is 51.5 Å². The van der Waals surface area contributed by atoms with Crippen LogP contribution in [0.15, 0.2) is 114 Å². The molecule has 1 amide bonds. The van der Waals surface area contributed by atoms with Crippen LogP contribution in [0.25, 0.3) is 20.7 Å². The molecule has 0 saturated carbocycles. The van der Waals surface area contributed by atoms with Crippen LogP contribution in [0.1, 0.15) is 32.6 Å². The van der Waals surface area contributed by atoms with Gasteiger partial charge in [-0.05, 0) is 48.0 Å². The highest BCUT2D eigenvalue weighted by atomic mass is 35.5. The molecule has 0 spiro atoms. The molecule has 1 N–H and O–H groups in total. The lowest BCUT2D eigenvalue weighted by Gasteiger charge is -2.18. The van der Waals surface area contributed by atoms with Gasteiger partial charge >= 0.3 is 12.3 Å². The Morgan fingerprint density at radius 1 is 0.830 bits per heavy atom. The molecule has 7 nitrogen and oxygen atoms in total. The van der Waals surface area contributed by atoms with Crippen molar-refractivity contribution in [1.29, 1.82) is 0 Å². The molecule has 0 saturated heterocycles. The summed E-state index contributed by atoms with van der Waals surface area (Å²) in [5.41, 5.74) is 1.58. The Kier molecular flexibility index (Phi) is 12.1. The maximum Gasteiger partial charge on any atom is 0.422 e. The number of aromatic nitrogens is 1. The maximum absolute atomic E-state index is 15.0. The average molecular weight is 768 g/mol. The van der Waals surface area contributed by atoms with Gasteiger partial charge in [-0.15, -0.1) is 23.7 Å². The van der Waals surface area contributed by atoms with Gasteiger partial charge in [0.25, 0.3) is 0 Å². The Hall–Kier alpha value is -5.37. The van der Waals surface area contributed by atoms with Crippen molar-refractivity contribution < 1.29 is 36.3 Å². The zero-order valence-corrected chi connectivity index (χ0v) is 29.6. The molecule has 274 valence electrons. The summed E-state index contributed by atoms with van der Waals surface area (Å²) in [4.78, 5) is 43.2. The van der Waals surface area contributed by atoms with E-state index in [1.807, 2.05) is 42.3 Å². The number of pyridine rings is 1. The van der Waals surface area contributed by atoms with Crippen LogP contribution in [0.3, 0.4) is 0 Å². The molecule has 14 heteroatoms. The van der Waals surface area contributed by atoms with Crippen molar-refractivity contribution in [3.05, 3.63) is 159 Å². The number of ether oxygens (including phenoxy) is 1. The SMILES string of the molecule is CN(Cc1ccccc1)Cc1c(-c2ccc(NC(=O)OCC(F)(F)F)cc2)sc2c1c(=O)c(C(=O)c1ccccc1)cn2Cc1c(F)cccc1F.Cl. The number of anilines is 1. The molecule has 6 rings (SSSR count). The molecule has 0 radical (unpaired) electrons. The highest BCUT2D eigenvalue weighted by Crippen LogP contribution is 2.39. The molecule has 0 aliphatic heterocycles. The predicted molar refractivity (Wildman–Crippen MR) is 197 cm³/mol. The van der Waals surface area contributed by atoms with Gasteiger partial charge in [0, 0.05) is 41.0 Å². The maximum atomic E-state index is 15.0. The van der Waals surface area contributed by atoms with Crippen LogP contribution in [0.2, 0.25) is 0 Å². The fraction of sp³-hybridized carbons (Fsp3) is 0.154. The van der Waals surface area contributed by atoms with E-state index in [1.54, 1.807) is 42.5 Å². The van der Waals surface area contributed by atoms with E-state index in [9.17, 15) is 27.6 Å². The van der Waals surface area contributed by atoms with Gasteiger partial charge in [-0.1, -0.05) is 78.9 Å². The number of ketones is 1. The number of thiophene rings is 1. The molecule has 2 heterocycles. The molecule has 53 heavy (non-hydrogen) atoms. The topological polar surface area (TPSA) is 80.6 Å². The summed E-state index contributed by atoms with van der Waals surface area (Å²) < 4.78 is 73.4. The van der Waals surface area contributed by atoms with E-state index >= 15 is 8.78 Å². The van der Waals surface area contributed by atoms with Crippen molar-refractivity contribution in [2.45, 2.75) is 25.8 Å². The van der Waals surface area contributed by atoms with Crippen molar-refractivity contribution in [3.8, 4) is 10.4 Å². The fourth-order valence-corrected chi connectivity index (χ4v) is 7.07. The second kappa shape index (κ2) is 16.5. The minimum absolute atomic E-state index is 0. The van der Waals surface area contributed by atoms with E-state index in [4.69, 9.17) is 0 Å². The minimum atomic E-state index is -4.69. The second-order valence-electron chi connectivity index (χ2n) is 12.0. The molecule has 0 unspecified atom stereocenters. The first-order chi connectivity index (χ1) is 24.9. The van der Waals surface area contributed by atoms with Gasteiger partial charge in [-0.3, -0.25) is 19.8 Å². The van der Waals surface area contributed by atoms with Gasteiger partial charge in [0.2, 0.25) is 5.43 Å². The van der Waals surface area contributed by atoms with Crippen LogP contribution in [0.5, 0.6) is 0 Å². The molecule has 0 aliphatic rings. The van der Waals surface area contributed by atoms with Gasteiger partial charge in [-0.25, -0.2) is 13.6 Å². The average Bonchev–Trinajstić information content (AvgIpc) is 3.50. The van der Waals surface area contributed by atoms with Crippen LogP contribution >= 0.6 is 23.7 Å². The largest absolute Gasteiger partial charge is 0.440 e. The van der Waals surface area contributed by atoms with Gasteiger partial charge in [0.1, 0.15) is 16.5 Å². The Morgan fingerprint density at radius 2 is 1.45 bits per heavy atom. The van der Waals surface area contributed by atoms with E-state index in [0.717, 1.165) is 17.7 Å². The predicted octanol–water partition coefficient (Wildman–Crippen LogP) is 9.45. The van der Waals surface area contributed by atoms with Crippen LogP contribution in [0, 0.1) is 11.6 Å². The first kappa shape index (κ1) is 38.9. The molecule has 6 aromatic rings. The molecule has 0 aliphatic carbocycles. The third-order valence-electron chi connectivity index (χ3n) is 8.16. The molecule has 0 atom stereocenters. The lowest BCUT2D eigenvalue weighted by atomic mass is 10.00. The number of amides is 1. The fourth-order valence-electron chi connectivity index (χ4n) is 5.79. The Morgan fingerprint density at radius 3 is 2.08 bits per heavy atom. The summed E-state index contributed by atoms with van der Waals surface area (Å²) >= 11 is 1.19. The van der Waals surface area contributed by atoms with Crippen LogP contribution in [0.4, 0.5) is 32.4 Å². The molecule has 4 aromatic carbocycles. The summed E-state index contributed by atoms with van der Waals surface area (Å²) in [6.07, 6.45) is -4.64. The summed E-state index contributed by atoms with van der Waals surface area (Å²) in [6.45, 7) is -1.35. The Bertz CT molecular complexity index is 2280. The third-order valence-corrected chi connectivity index (χ3v) is 9.48. The van der Waals surface area contributed by atoms with Crippen molar-refractivity contribution in [1.82, 2.24) is 9.47 Å². The normalized spacial score (nSPS) is 11.4. The Labute approximate surface area is 310 Å². The van der Waals surface area contributed by atoms with E-state index in [1.165, 1.54) is 40.3 Å². The van der Waals surface area contributed by atoms with Crippen molar-refractivity contribution in [2.75, 3.05) is 19.0 Å². The number of alkyl halides is 3. The first-order valence-electron chi connectivity index (χ1n) is 15.9. The van der Waals surface area contributed by atoms with E-state index < -0.39 is 41.7 Å². The number of nitrogens with zero attached hydrogens (tertiary/aromatic N) is 2. The monoisotopic (exact) mass is 767 g/mol. The smallest absolute Gasteiger partial charge is 0.422 e. The minimum Gasteiger partial charge on any atom is -0.440 e. The van der Waals surface area contributed by atoms with Crippen molar-refractivity contribution in [2.24, 2.45) is 0 Å². The van der Waals surface area contributed by atoms with Gasteiger partial charge in [0.05, 0.1) is 17.5 Å². The number of fused-ring (bicyclic) bond motifs is 1. The van der Waals surface area contributed by atoms with E-state index in [2.05, 4.69) is 10.1 Å². The molecule has 0 fully saturated rings. The lowest BCUT2D eigenvalue weighted by molar-refractivity contribution is -0.159. The van der Waals surface area contributed by atoms with Gasteiger partial charge in [-0.2, -0.15) is 13.2 Å². The Balaban J connectivity index is 0.00000541. The standard InChI is InChI=1S/C39H30F5N3O4S.ClH/c1-46(19-24-9-4-2-5-10-24)20-29-33-35(49)30(34(48)25-11-6-3-7-12-25)22-47(21-28-31(40)13-8-14-32(28)41)37(33)52-36(29)26-15-17-27(18-16-26)45-38(50)51-23-39(42,43)44;/h2-18,22H,19-21,23H2,1H3,(H,45,50);1H. The first-order valence-corrected chi connectivity index (χ1v) is 16.7. The number of carbonyl (C=O) groups is 2. The van der Waals surface area contributed by atoms with E-state index in [-0.39, 0.29) is 53.3 Å². The number of hydrogen-bond donors (Lipinski definition) is 1. The number of hydrogen-bond acceptors (Lipinski definition) is 6. The number of halogens is 6. The van der Waals surface area contributed by atoms with E-state index in [0.29, 0.717) is 27.4 Å². The molecular weight excluding hydrogens is 737 g/mol. The van der Waals surface area contributed by atoms with Gasteiger partial charge in [0.15, 0.2) is 12.4 Å². The van der Waals surface area contributed by atoms with Crippen LogP contribution < -0.4 is 10.7 Å². The zero-order valence-electron chi connectivity index (χ0n) is 28.0. The summed E-state index contributed by atoms with van der Waals surface area (Å²) in [5, 5.41) is 2.46.